The molecule has 2 amide bonds. The molecular formula is C24H22N2O4. The number of aromatic carboxylic acids is 1. The van der Waals surface area contributed by atoms with Crippen LogP contribution in [-0.2, 0) is 0 Å². The first kappa shape index (κ1) is 20.8. The molecule has 0 atom stereocenters. The average molecular weight is 402 g/mol. The van der Waals surface area contributed by atoms with Crippen LogP contribution >= 0.6 is 0 Å². The second-order valence-corrected chi connectivity index (χ2v) is 7.22. The van der Waals surface area contributed by atoms with Crippen molar-refractivity contribution in [2.75, 3.05) is 5.32 Å². The van der Waals surface area contributed by atoms with Gasteiger partial charge in [0.2, 0.25) is 5.91 Å². The molecule has 0 radical (unpaired) electrons. The van der Waals surface area contributed by atoms with Crippen LogP contribution in [0.4, 0.5) is 5.69 Å². The summed E-state index contributed by atoms with van der Waals surface area (Å²) in [6.07, 6.45) is 0. The molecule has 3 aromatic rings. The molecule has 4 N–H and O–H groups in total. The molecule has 6 heteroatoms. The van der Waals surface area contributed by atoms with E-state index in [1.165, 1.54) is 12.1 Å². The van der Waals surface area contributed by atoms with E-state index in [1.807, 2.05) is 25.1 Å². The molecule has 30 heavy (non-hydrogen) atoms. The second kappa shape index (κ2) is 8.21. The number of hydrogen-bond acceptors (Lipinski definition) is 3. The van der Waals surface area contributed by atoms with E-state index in [0.717, 1.165) is 16.7 Å². The Kier molecular flexibility index (Phi) is 5.69. The van der Waals surface area contributed by atoms with Gasteiger partial charge in [-0.3, -0.25) is 9.59 Å². The van der Waals surface area contributed by atoms with Crippen molar-refractivity contribution in [3.8, 4) is 11.1 Å². The normalized spacial score (nSPS) is 10.5. The third-order valence-electron chi connectivity index (χ3n) is 4.98. The van der Waals surface area contributed by atoms with Crippen LogP contribution in [0.15, 0.2) is 54.6 Å². The van der Waals surface area contributed by atoms with Gasteiger partial charge in [0.05, 0.1) is 5.56 Å². The lowest BCUT2D eigenvalue weighted by molar-refractivity contribution is 0.0696. The number of carbonyl (C=O) groups is 3. The molecule has 3 aromatic carbocycles. The van der Waals surface area contributed by atoms with E-state index in [4.69, 9.17) is 5.73 Å². The zero-order valence-electron chi connectivity index (χ0n) is 16.9. The fourth-order valence-corrected chi connectivity index (χ4v) is 3.36. The highest BCUT2D eigenvalue weighted by Gasteiger charge is 2.16. The molecule has 0 aromatic heterocycles. The van der Waals surface area contributed by atoms with Gasteiger partial charge in [-0.1, -0.05) is 24.3 Å². The van der Waals surface area contributed by atoms with Crippen LogP contribution in [0.2, 0.25) is 0 Å². The number of amides is 2. The standard InChI is InChI=1S/C24H22N2O4/c1-13-7-8-17(16-5-4-6-18(11-16)22(25)27)12-20(13)23(28)26-21-14(2)9-19(24(29)30)10-15(21)3/h4-12H,1-3H3,(H2,25,27)(H,26,28)(H,29,30). The molecule has 0 saturated carbocycles. The maximum atomic E-state index is 13.0. The summed E-state index contributed by atoms with van der Waals surface area (Å²) in [5.41, 5.74) is 10.7. The van der Waals surface area contributed by atoms with E-state index >= 15 is 0 Å². The van der Waals surface area contributed by atoms with Gasteiger partial charge in [0.15, 0.2) is 0 Å². The number of hydrogen-bond donors (Lipinski definition) is 3. The van der Waals surface area contributed by atoms with Crippen molar-refractivity contribution < 1.29 is 19.5 Å². The first-order valence-electron chi connectivity index (χ1n) is 9.34. The van der Waals surface area contributed by atoms with Gasteiger partial charge in [-0.25, -0.2) is 4.79 Å². The average Bonchev–Trinajstić information content (AvgIpc) is 2.70. The third-order valence-corrected chi connectivity index (χ3v) is 4.98. The van der Waals surface area contributed by atoms with Crippen LogP contribution in [0, 0.1) is 20.8 Å². The number of nitrogens with two attached hydrogens (primary N) is 1. The lowest BCUT2D eigenvalue weighted by Crippen LogP contribution is -2.16. The number of anilines is 1. The Bertz CT molecular complexity index is 1160. The lowest BCUT2D eigenvalue weighted by atomic mass is 9.97. The van der Waals surface area contributed by atoms with Crippen LogP contribution in [-0.4, -0.2) is 22.9 Å². The number of nitrogens with one attached hydrogen (secondary N) is 1. The van der Waals surface area contributed by atoms with Crippen LogP contribution < -0.4 is 11.1 Å². The quantitative estimate of drug-likeness (QED) is 0.590. The number of carbonyl (C=O) groups excluding carboxylic acids is 2. The van der Waals surface area contributed by atoms with Crippen LogP contribution in [0.25, 0.3) is 11.1 Å². The largest absolute Gasteiger partial charge is 0.478 e. The van der Waals surface area contributed by atoms with Gasteiger partial charge < -0.3 is 16.2 Å². The maximum absolute atomic E-state index is 13.0. The van der Waals surface area contributed by atoms with E-state index < -0.39 is 11.9 Å². The molecule has 0 saturated heterocycles. The summed E-state index contributed by atoms with van der Waals surface area (Å²) < 4.78 is 0. The van der Waals surface area contributed by atoms with Gasteiger partial charge in [-0.2, -0.15) is 0 Å². The summed E-state index contributed by atoms with van der Waals surface area (Å²) in [5, 5.41) is 12.1. The Morgan fingerprint density at radius 1 is 0.800 bits per heavy atom. The Balaban J connectivity index is 1.96. The summed E-state index contributed by atoms with van der Waals surface area (Å²) in [5.74, 6) is -1.83. The maximum Gasteiger partial charge on any atom is 0.335 e. The topological polar surface area (TPSA) is 109 Å². The lowest BCUT2D eigenvalue weighted by Gasteiger charge is -2.15. The highest BCUT2D eigenvalue weighted by atomic mass is 16.4. The van der Waals surface area contributed by atoms with Crippen LogP contribution in [0.1, 0.15) is 47.8 Å². The fourth-order valence-electron chi connectivity index (χ4n) is 3.36. The first-order valence-corrected chi connectivity index (χ1v) is 9.34. The molecule has 0 bridgehead atoms. The first-order chi connectivity index (χ1) is 14.2. The predicted octanol–water partition coefficient (Wildman–Crippen LogP) is 4.33. The fraction of sp³-hybridized carbons (Fsp3) is 0.125. The van der Waals surface area contributed by atoms with Crippen molar-refractivity contribution in [3.05, 3.63) is 88.0 Å². The van der Waals surface area contributed by atoms with E-state index in [1.54, 1.807) is 38.1 Å². The van der Waals surface area contributed by atoms with E-state index in [0.29, 0.717) is 27.9 Å². The number of benzene rings is 3. The Labute approximate surface area is 174 Å². The van der Waals surface area contributed by atoms with Gasteiger partial charge >= 0.3 is 5.97 Å². The molecule has 0 fully saturated rings. The minimum Gasteiger partial charge on any atom is -0.478 e. The van der Waals surface area contributed by atoms with Crippen molar-refractivity contribution in [2.45, 2.75) is 20.8 Å². The van der Waals surface area contributed by atoms with Gasteiger partial charge in [0.1, 0.15) is 0 Å². The van der Waals surface area contributed by atoms with Crippen LogP contribution in [0.3, 0.4) is 0 Å². The Morgan fingerprint density at radius 2 is 1.43 bits per heavy atom. The molecule has 0 aliphatic carbocycles. The number of carboxylic acid groups (broad SMARTS) is 1. The summed E-state index contributed by atoms with van der Waals surface area (Å²) in [6.45, 7) is 5.35. The predicted molar refractivity (Wildman–Crippen MR) is 116 cm³/mol. The molecule has 0 spiro atoms. The Morgan fingerprint density at radius 3 is 2.03 bits per heavy atom. The van der Waals surface area contributed by atoms with Crippen molar-refractivity contribution in [1.82, 2.24) is 0 Å². The summed E-state index contributed by atoms with van der Waals surface area (Å²) in [6, 6.07) is 15.5. The molecule has 6 nitrogen and oxygen atoms in total. The number of rotatable bonds is 5. The van der Waals surface area contributed by atoms with Gasteiger partial charge in [0.25, 0.3) is 5.91 Å². The van der Waals surface area contributed by atoms with Gasteiger partial charge in [-0.15, -0.1) is 0 Å². The summed E-state index contributed by atoms with van der Waals surface area (Å²) in [7, 11) is 0. The number of primary amides is 1. The smallest absolute Gasteiger partial charge is 0.335 e. The van der Waals surface area contributed by atoms with Crippen molar-refractivity contribution in [3.63, 3.8) is 0 Å². The number of carboxylic acids is 1. The van der Waals surface area contributed by atoms with E-state index in [2.05, 4.69) is 5.32 Å². The molecule has 0 aliphatic heterocycles. The minimum absolute atomic E-state index is 0.176. The van der Waals surface area contributed by atoms with E-state index in [-0.39, 0.29) is 11.5 Å². The van der Waals surface area contributed by atoms with Crippen molar-refractivity contribution in [1.29, 1.82) is 0 Å². The molecule has 0 heterocycles. The zero-order chi connectivity index (χ0) is 22.0. The minimum atomic E-state index is -1.01. The molecule has 152 valence electrons. The Hall–Kier alpha value is -3.93. The van der Waals surface area contributed by atoms with Gasteiger partial charge in [0, 0.05) is 16.8 Å². The second-order valence-electron chi connectivity index (χ2n) is 7.22. The summed E-state index contributed by atoms with van der Waals surface area (Å²) >= 11 is 0. The van der Waals surface area contributed by atoms with E-state index in [9.17, 15) is 19.5 Å². The molecule has 3 rings (SSSR count). The highest BCUT2D eigenvalue weighted by Crippen LogP contribution is 2.26. The molecular weight excluding hydrogens is 380 g/mol. The zero-order valence-corrected chi connectivity index (χ0v) is 16.9. The van der Waals surface area contributed by atoms with Crippen LogP contribution in [0.5, 0.6) is 0 Å². The van der Waals surface area contributed by atoms with Crippen molar-refractivity contribution in [2.24, 2.45) is 5.73 Å². The molecule has 0 aliphatic rings. The molecule has 0 unspecified atom stereocenters. The van der Waals surface area contributed by atoms with Crippen molar-refractivity contribution >= 4 is 23.5 Å². The third kappa shape index (κ3) is 4.22. The summed E-state index contributed by atoms with van der Waals surface area (Å²) in [4.78, 5) is 35.7. The van der Waals surface area contributed by atoms with Gasteiger partial charge in [-0.05, 0) is 78.9 Å². The highest BCUT2D eigenvalue weighted by molar-refractivity contribution is 6.07. The monoisotopic (exact) mass is 402 g/mol. The number of aryl methyl sites for hydroxylation is 3. The SMILES string of the molecule is Cc1ccc(-c2cccc(C(N)=O)c2)cc1C(=O)Nc1c(C)cc(C(=O)O)cc1C.